The standard InChI is InChI=1S/C9H20N2/c1-3-5-6-9(4-2)7-8-10-11-9/h10-11H,3-8H2,1-2H3. The number of nitrogens with one attached hydrogen (secondary N) is 2. The highest BCUT2D eigenvalue weighted by Gasteiger charge is 2.30. The fourth-order valence-electron chi connectivity index (χ4n) is 1.76. The molecule has 1 unspecified atom stereocenters. The van der Waals surface area contributed by atoms with Crippen molar-refractivity contribution in [1.82, 2.24) is 10.9 Å². The van der Waals surface area contributed by atoms with Crippen molar-refractivity contribution >= 4 is 0 Å². The Kier molecular flexibility index (Phi) is 3.34. The molecule has 1 rings (SSSR count). The van der Waals surface area contributed by atoms with Crippen molar-refractivity contribution in [3.05, 3.63) is 0 Å². The van der Waals surface area contributed by atoms with E-state index in [1.807, 2.05) is 0 Å². The van der Waals surface area contributed by atoms with E-state index in [4.69, 9.17) is 0 Å². The highest BCUT2D eigenvalue weighted by atomic mass is 15.4. The van der Waals surface area contributed by atoms with Crippen LogP contribution < -0.4 is 10.9 Å². The van der Waals surface area contributed by atoms with E-state index in [1.54, 1.807) is 0 Å². The quantitative estimate of drug-likeness (QED) is 0.649. The Morgan fingerprint density at radius 2 is 2.18 bits per heavy atom. The Morgan fingerprint density at radius 3 is 2.64 bits per heavy atom. The highest BCUT2D eigenvalue weighted by Crippen LogP contribution is 2.24. The smallest absolute Gasteiger partial charge is 0.0333 e. The second-order valence-electron chi connectivity index (χ2n) is 3.54. The molecule has 1 aliphatic rings. The average molecular weight is 156 g/mol. The third kappa shape index (κ3) is 2.17. The van der Waals surface area contributed by atoms with E-state index in [9.17, 15) is 0 Å². The van der Waals surface area contributed by atoms with Crippen LogP contribution >= 0.6 is 0 Å². The Hall–Kier alpha value is -0.0800. The summed E-state index contributed by atoms with van der Waals surface area (Å²) in [5.41, 5.74) is 7.05. The zero-order valence-electron chi connectivity index (χ0n) is 7.74. The zero-order chi connectivity index (χ0) is 8.16. The van der Waals surface area contributed by atoms with Gasteiger partial charge in [0.15, 0.2) is 0 Å². The summed E-state index contributed by atoms with van der Waals surface area (Å²) in [6, 6.07) is 0. The van der Waals surface area contributed by atoms with E-state index < -0.39 is 0 Å². The molecule has 0 radical (unpaired) electrons. The predicted molar refractivity (Wildman–Crippen MR) is 48.3 cm³/mol. The van der Waals surface area contributed by atoms with Crippen LogP contribution in [0.3, 0.4) is 0 Å². The minimum Gasteiger partial charge on any atom is -0.257 e. The fraction of sp³-hybridized carbons (Fsp3) is 1.00. The van der Waals surface area contributed by atoms with Gasteiger partial charge in [-0.15, -0.1) is 0 Å². The molecule has 11 heavy (non-hydrogen) atoms. The van der Waals surface area contributed by atoms with Crippen LogP contribution in [0.15, 0.2) is 0 Å². The van der Waals surface area contributed by atoms with Crippen LogP contribution in [0.25, 0.3) is 0 Å². The summed E-state index contributed by atoms with van der Waals surface area (Å²) in [5.74, 6) is 0. The van der Waals surface area contributed by atoms with Gasteiger partial charge in [0.2, 0.25) is 0 Å². The third-order valence-corrected chi connectivity index (χ3v) is 2.77. The lowest BCUT2D eigenvalue weighted by Gasteiger charge is -2.26. The molecule has 1 aliphatic heterocycles. The van der Waals surface area contributed by atoms with Crippen LogP contribution in [0.2, 0.25) is 0 Å². The molecule has 1 saturated heterocycles. The van der Waals surface area contributed by atoms with Crippen molar-refractivity contribution in [3.8, 4) is 0 Å². The maximum Gasteiger partial charge on any atom is 0.0333 e. The number of hydrogen-bond acceptors (Lipinski definition) is 2. The van der Waals surface area contributed by atoms with Crippen LogP contribution in [0, 0.1) is 0 Å². The second kappa shape index (κ2) is 4.07. The molecule has 2 nitrogen and oxygen atoms in total. The summed E-state index contributed by atoms with van der Waals surface area (Å²) >= 11 is 0. The summed E-state index contributed by atoms with van der Waals surface area (Å²) < 4.78 is 0. The van der Waals surface area contributed by atoms with Crippen molar-refractivity contribution in [2.24, 2.45) is 0 Å². The van der Waals surface area contributed by atoms with Gasteiger partial charge in [-0.05, 0) is 19.3 Å². The Balaban J connectivity index is 2.33. The monoisotopic (exact) mass is 156 g/mol. The first kappa shape index (κ1) is 9.01. The molecule has 2 heteroatoms. The van der Waals surface area contributed by atoms with Gasteiger partial charge < -0.3 is 0 Å². The molecule has 0 aromatic carbocycles. The van der Waals surface area contributed by atoms with Crippen LogP contribution in [-0.2, 0) is 0 Å². The molecule has 0 spiro atoms. The maximum absolute atomic E-state index is 3.40. The lowest BCUT2D eigenvalue weighted by atomic mass is 9.88. The van der Waals surface area contributed by atoms with E-state index in [0.717, 1.165) is 6.54 Å². The predicted octanol–water partition coefficient (Wildman–Crippen LogP) is 1.82. The maximum atomic E-state index is 3.40. The van der Waals surface area contributed by atoms with Gasteiger partial charge in [0, 0.05) is 12.1 Å². The van der Waals surface area contributed by atoms with Crippen molar-refractivity contribution in [2.75, 3.05) is 6.54 Å². The normalized spacial score (nSPS) is 31.1. The Labute approximate surface area is 69.7 Å². The topological polar surface area (TPSA) is 24.1 Å². The van der Waals surface area contributed by atoms with Gasteiger partial charge in [-0.1, -0.05) is 26.7 Å². The molecule has 0 saturated carbocycles. The molecule has 1 fully saturated rings. The van der Waals surface area contributed by atoms with Crippen molar-refractivity contribution in [1.29, 1.82) is 0 Å². The second-order valence-corrected chi connectivity index (χ2v) is 3.54. The highest BCUT2D eigenvalue weighted by molar-refractivity contribution is 4.89. The summed E-state index contributed by atoms with van der Waals surface area (Å²) in [6.45, 7) is 5.67. The Morgan fingerprint density at radius 1 is 1.36 bits per heavy atom. The number of unbranched alkanes of at least 4 members (excludes halogenated alkanes) is 1. The average Bonchev–Trinajstić information content (AvgIpc) is 2.50. The number of hydrogen-bond donors (Lipinski definition) is 2. The van der Waals surface area contributed by atoms with E-state index in [1.165, 1.54) is 32.1 Å². The molecule has 0 bridgehead atoms. The minimum absolute atomic E-state index is 0.427. The largest absolute Gasteiger partial charge is 0.257 e. The van der Waals surface area contributed by atoms with Crippen LogP contribution in [-0.4, -0.2) is 12.1 Å². The summed E-state index contributed by atoms with van der Waals surface area (Å²) in [4.78, 5) is 0. The van der Waals surface area contributed by atoms with Crippen LogP contribution in [0.1, 0.15) is 46.0 Å². The van der Waals surface area contributed by atoms with E-state index >= 15 is 0 Å². The van der Waals surface area contributed by atoms with E-state index in [0.29, 0.717) is 5.54 Å². The van der Waals surface area contributed by atoms with Gasteiger partial charge in [0.05, 0.1) is 0 Å². The molecule has 0 aromatic heterocycles. The summed E-state index contributed by atoms with van der Waals surface area (Å²) in [7, 11) is 0. The lowest BCUT2D eigenvalue weighted by molar-refractivity contribution is 0.311. The first-order chi connectivity index (χ1) is 5.33. The van der Waals surface area contributed by atoms with E-state index in [2.05, 4.69) is 24.7 Å². The van der Waals surface area contributed by atoms with Crippen LogP contribution in [0.4, 0.5) is 0 Å². The summed E-state index contributed by atoms with van der Waals surface area (Å²) in [5, 5.41) is 0. The number of hydrazine groups is 1. The van der Waals surface area contributed by atoms with Gasteiger partial charge in [0.1, 0.15) is 0 Å². The molecule has 2 N–H and O–H groups in total. The first-order valence-electron chi connectivity index (χ1n) is 4.83. The molecule has 1 heterocycles. The molecule has 0 aromatic rings. The minimum atomic E-state index is 0.427. The molecule has 66 valence electrons. The molecular formula is C9H20N2. The molecule has 0 aliphatic carbocycles. The van der Waals surface area contributed by atoms with Crippen molar-refractivity contribution < 1.29 is 0 Å². The van der Waals surface area contributed by atoms with Crippen molar-refractivity contribution in [3.63, 3.8) is 0 Å². The number of rotatable bonds is 4. The van der Waals surface area contributed by atoms with E-state index in [-0.39, 0.29) is 0 Å². The SMILES string of the molecule is CCCCC1(CC)CCNN1. The van der Waals surface area contributed by atoms with Gasteiger partial charge in [-0.3, -0.25) is 10.9 Å². The van der Waals surface area contributed by atoms with Gasteiger partial charge in [0.25, 0.3) is 0 Å². The fourth-order valence-corrected chi connectivity index (χ4v) is 1.76. The van der Waals surface area contributed by atoms with Crippen molar-refractivity contribution in [2.45, 2.75) is 51.5 Å². The lowest BCUT2D eigenvalue weighted by Crippen LogP contribution is -2.43. The van der Waals surface area contributed by atoms with Gasteiger partial charge in [-0.2, -0.15) is 0 Å². The molecule has 1 atom stereocenters. The first-order valence-corrected chi connectivity index (χ1v) is 4.83. The summed E-state index contributed by atoms with van der Waals surface area (Å²) in [6.07, 6.45) is 6.53. The van der Waals surface area contributed by atoms with Gasteiger partial charge >= 0.3 is 0 Å². The zero-order valence-corrected chi connectivity index (χ0v) is 7.74. The van der Waals surface area contributed by atoms with Gasteiger partial charge in [-0.25, -0.2) is 0 Å². The Bertz CT molecular complexity index is 106. The third-order valence-electron chi connectivity index (χ3n) is 2.77. The van der Waals surface area contributed by atoms with Crippen LogP contribution in [0.5, 0.6) is 0 Å². The molecule has 0 amide bonds. The molecular weight excluding hydrogens is 136 g/mol.